The maximum atomic E-state index is 11.6. The fourth-order valence-electron chi connectivity index (χ4n) is 2.95. The number of hydrogen-bond donors (Lipinski definition) is 1. The Hall–Kier alpha value is -1.95. The zero-order valence-electron chi connectivity index (χ0n) is 16.9. The van der Waals surface area contributed by atoms with Crippen molar-refractivity contribution in [1.82, 2.24) is 19.9 Å². The molecule has 158 valence electrons. The van der Waals surface area contributed by atoms with Crippen LogP contribution in [0.3, 0.4) is 0 Å². The lowest BCUT2D eigenvalue weighted by Gasteiger charge is -2.35. The zero-order valence-corrected chi connectivity index (χ0v) is 18.5. The van der Waals surface area contributed by atoms with Crippen molar-refractivity contribution in [3.63, 3.8) is 0 Å². The minimum Gasteiger partial charge on any atom is -0.465 e. The number of nitrogens with one attached hydrogen (secondary N) is 1. The van der Waals surface area contributed by atoms with Gasteiger partial charge in [0.1, 0.15) is 22.3 Å². The van der Waals surface area contributed by atoms with Crippen molar-refractivity contribution in [3.05, 3.63) is 23.0 Å². The molecule has 0 spiro atoms. The standard InChI is InChI=1S/C18H26N6O3S2/c1-13-20-15(22-18-19-11-14(29-18)17(25)26-2)10-16(21-13)24-6-4-23(5-7-24)8-9-27-12-28-3/h10-11H,4-9,12H2,1-3H3,(H,19,20,21,22). The number of methoxy groups -OCH3 is 1. The van der Waals surface area contributed by atoms with Crippen molar-refractivity contribution in [2.24, 2.45) is 0 Å². The topological polar surface area (TPSA) is 92.7 Å². The molecular formula is C18H26N6O3S2. The van der Waals surface area contributed by atoms with E-state index >= 15 is 0 Å². The van der Waals surface area contributed by atoms with E-state index in [1.807, 2.05) is 19.2 Å². The lowest BCUT2D eigenvalue weighted by molar-refractivity contribution is 0.0606. The number of carbonyl (C=O) groups is 1. The van der Waals surface area contributed by atoms with Gasteiger partial charge in [0.05, 0.1) is 25.9 Å². The first kappa shape index (κ1) is 21.8. The smallest absolute Gasteiger partial charge is 0.349 e. The first-order valence-corrected chi connectivity index (χ1v) is 11.5. The Labute approximate surface area is 178 Å². The number of thiazole rings is 1. The normalized spacial score (nSPS) is 14.8. The van der Waals surface area contributed by atoms with Crippen LogP contribution in [0.2, 0.25) is 0 Å². The number of anilines is 3. The molecule has 1 N–H and O–H groups in total. The second-order valence-electron chi connectivity index (χ2n) is 6.45. The quantitative estimate of drug-likeness (QED) is 0.357. The van der Waals surface area contributed by atoms with E-state index in [4.69, 9.17) is 9.47 Å². The summed E-state index contributed by atoms with van der Waals surface area (Å²) >= 11 is 2.93. The van der Waals surface area contributed by atoms with Crippen LogP contribution in [0.5, 0.6) is 0 Å². The summed E-state index contributed by atoms with van der Waals surface area (Å²) in [7, 11) is 1.35. The van der Waals surface area contributed by atoms with Gasteiger partial charge in [-0.3, -0.25) is 4.90 Å². The third-order valence-electron chi connectivity index (χ3n) is 4.40. The Balaban J connectivity index is 1.58. The lowest BCUT2D eigenvalue weighted by atomic mass is 10.3. The van der Waals surface area contributed by atoms with Crippen molar-refractivity contribution < 1.29 is 14.3 Å². The van der Waals surface area contributed by atoms with Crippen molar-refractivity contribution in [2.45, 2.75) is 6.92 Å². The van der Waals surface area contributed by atoms with E-state index in [0.29, 0.717) is 21.7 Å². The number of carbonyl (C=O) groups excluding carboxylic acids is 1. The second-order valence-corrected chi connectivity index (χ2v) is 8.29. The second kappa shape index (κ2) is 10.7. The van der Waals surface area contributed by atoms with Gasteiger partial charge in [-0.1, -0.05) is 11.3 Å². The number of hydrogen-bond acceptors (Lipinski definition) is 11. The maximum Gasteiger partial charge on any atom is 0.349 e. The summed E-state index contributed by atoms with van der Waals surface area (Å²) in [6.07, 6.45) is 3.54. The monoisotopic (exact) mass is 438 g/mol. The van der Waals surface area contributed by atoms with Crippen LogP contribution in [0.4, 0.5) is 16.8 Å². The average Bonchev–Trinajstić information content (AvgIpc) is 3.19. The number of nitrogens with zero attached hydrogens (tertiary/aromatic N) is 5. The van der Waals surface area contributed by atoms with Gasteiger partial charge in [0, 0.05) is 38.8 Å². The summed E-state index contributed by atoms with van der Waals surface area (Å²) in [6, 6.07) is 1.92. The van der Waals surface area contributed by atoms with E-state index < -0.39 is 5.97 Å². The predicted octanol–water partition coefficient (Wildman–Crippen LogP) is 2.23. The highest BCUT2D eigenvalue weighted by Crippen LogP contribution is 2.24. The van der Waals surface area contributed by atoms with Crippen LogP contribution in [0.15, 0.2) is 12.3 Å². The fraction of sp³-hybridized carbons (Fsp3) is 0.556. The number of esters is 1. The number of ether oxygens (including phenoxy) is 2. The Bertz CT molecular complexity index is 811. The molecule has 11 heteroatoms. The molecule has 0 bridgehead atoms. The van der Waals surface area contributed by atoms with Crippen LogP contribution in [0, 0.1) is 6.92 Å². The highest BCUT2D eigenvalue weighted by atomic mass is 32.2. The van der Waals surface area contributed by atoms with E-state index in [9.17, 15) is 4.79 Å². The first-order valence-electron chi connectivity index (χ1n) is 9.30. The molecule has 0 saturated carbocycles. The summed E-state index contributed by atoms with van der Waals surface area (Å²) < 4.78 is 10.3. The van der Waals surface area contributed by atoms with Crippen LogP contribution in [0.1, 0.15) is 15.5 Å². The molecule has 1 fully saturated rings. The molecule has 0 amide bonds. The average molecular weight is 439 g/mol. The van der Waals surface area contributed by atoms with Gasteiger partial charge in [-0.15, -0.1) is 11.8 Å². The summed E-state index contributed by atoms with van der Waals surface area (Å²) in [4.78, 5) is 30.0. The van der Waals surface area contributed by atoms with Gasteiger partial charge in [-0.2, -0.15) is 0 Å². The molecular weight excluding hydrogens is 412 g/mol. The largest absolute Gasteiger partial charge is 0.465 e. The minimum absolute atomic E-state index is 0.396. The van der Waals surface area contributed by atoms with Crippen LogP contribution >= 0.6 is 23.1 Å². The molecule has 1 aliphatic heterocycles. The molecule has 0 atom stereocenters. The Morgan fingerprint density at radius 3 is 2.83 bits per heavy atom. The van der Waals surface area contributed by atoms with Gasteiger partial charge in [-0.25, -0.2) is 19.7 Å². The van der Waals surface area contributed by atoms with Gasteiger partial charge in [0.15, 0.2) is 5.13 Å². The number of aryl methyl sites for hydroxylation is 1. The minimum atomic E-state index is -0.396. The Kier molecular flexibility index (Phi) is 8.04. The summed E-state index contributed by atoms with van der Waals surface area (Å²) in [5.41, 5.74) is 0. The summed E-state index contributed by atoms with van der Waals surface area (Å²) in [6.45, 7) is 7.35. The molecule has 9 nitrogen and oxygen atoms in total. The molecule has 0 unspecified atom stereocenters. The summed E-state index contributed by atoms with van der Waals surface area (Å²) in [5.74, 6) is 2.58. The summed E-state index contributed by atoms with van der Waals surface area (Å²) in [5, 5.41) is 3.75. The third-order valence-corrected chi connectivity index (χ3v) is 5.70. The van der Waals surface area contributed by atoms with E-state index in [1.165, 1.54) is 24.6 Å². The van der Waals surface area contributed by atoms with Gasteiger partial charge >= 0.3 is 5.97 Å². The van der Waals surface area contributed by atoms with E-state index in [1.54, 1.807) is 11.8 Å². The van der Waals surface area contributed by atoms with E-state index in [-0.39, 0.29) is 0 Å². The molecule has 3 heterocycles. The fourth-order valence-corrected chi connectivity index (χ4v) is 3.98. The van der Waals surface area contributed by atoms with Crippen LogP contribution in [-0.2, 0) is 9.47 Å². The molecule has 1 saturated heterocycles. The molecule has 29 heavy (non-hydrogen) atoms. The van der Waals surface area contributed by atoms with Crippen molar-refractivity contribution >= 4 is 45.8 Å². The van der Waals surface area contributed by atoms with Crippen LogP contribution in [0.25, 0.3) is 0 Å². The van der Waals surface area contributed by atoms with Gasteiger partial charge in [0.2, 0.25) is 0 Å². The SMILES string of the molecule is COC(=O)c1cnc(Nc2cc(N3CCN(CCOCSC)CC3)nc(C)n2)s1. The zero-order chi connectivity index (χ0) is 20.6. The highest BCUT2D eigenvalue weighted by Gasteiger charge is 2.19. The van der Waals surface area contributed by atoms with Crippen LogP contribution in [-0.4, -0.2) is 84.5 Å². The van der Waals surface area contributed by atoms with E-state index in [2.05, 4.69) is 30.1 Å². The van der Waals surface area contributed by atoms with Gasteiger partial charge in [0.25, 0.3) is 0 Å². The van der Waals surface area contributed by atoms with Crippen LogP contribution < -0.4 is 10.2 Å². The first-order chi connectivity index (χ1) is 14.1. The lowest BCUT2D eigenvalue weighted by Crippen LogP contribution is -2.47. The molecule has 2 aromatic rings. The van der Waals surface area contributed by atoms with Crippen molar-refractivity contribution in [3.8, 4) is 0 Å². The molecule has 0 radical (unpaired) electrons. The number of aromatic nitrogens is 3. The Morgan fingerprint density at radius 2 is 2.10 bits per heavy atom. The molecule has 3 rings (SSSR count). The Morgan fingerprint density at radius 1 is 1.31 bits per heavy atom. The van der Waals surface area contributed by atoms with Crippen molar-refractivity contribution in [2.75, 3.05) is 68.9 Å². The van der Waals surface area contributed by atoms with Gasteiger partial charge in [-0.05, 0) is 13.2 Å². The number of thioether (sulfide) groups is 1. The number of rotatable bonds is 9. The maximum absolute atomic E-state index is 11.6. The molecule has 0 aliphatic carbocycles. The third kappa shape index (κ3) is 6.26. The van der Waals surface area contributed by atoms with Crippen molar-refractivity contribution in [1.29, 1.82) is 0 Å². The highest BCUT2D eigenvalue weighted by molar-refractivity contribution is 7.98. The molecule has 0 aromatic carbocycles. The number of piperazine rings is 1. The van der Waals surface area contributed by atoms with E-state index in [0.717, 1.165) is 51.1 Å². The molecule has 1 aliphatic rings. The van der Waals surface area contributed by atoms with Gasteiger partial charge < -0.3 is 19.7 Å². The molecule has 2 aromatic heterocycles. The predicted molar refractivity (Wildman–Crippen MR) is 116 cm³/mol.